The van der Waals surface area contributed by atoms with E-state index in [1.165, 1.54) is 6.07 Å². The number of benzene rings is 1. The number of carbonyl (C=O) groups is 1. The SMILES string of the molecule is O=C(O)c1ccccc1COP(O)O. The highest BCUT2D eigenvalue weighted by molar-refractivity contribution is 7.39. The number of carboxylic acid groups (broad SMARTS) is 1. The zero-order valence-electron chi connectivity index (χ0n) is 7.12. The van der Waals surface area contributed by atoms with Crippen LogP contribution in [0.25, 0.3) is 0 Å². The molecule has 0 saturated heterocycles. The summed E-state index contributed by atoms with van der Waals surface area (Å²) in [4.78, 5) is 27.7. The predicted octanol–water partition coefficient (Wildman–Crippen LogP) is 1.11. The third-order valence-corrected chi connectivity index (χ3v) is 1.94. The summed E-state index contributed by atoms with van der Waals surface area (Å²) in [5, 5.41) is 8.76. The van der Waals surface area contributed by atoms with Crippen molar-refractivity contribution in [3.63, 3.8) is 0 Å². The maximum Gasteiger partial charge on any atom is 0.336 e. The van der Waals surface area contributed by atoms with E-state index < -0.39 is 14.6 Å². The van der Waals surface area contributed by atoms with Crippen LogP contribution in [0.2, 0.25) is 0 Å². The van der Waals surface area contributed by atoms with Crippen molar-refractivity contribution in [2.24, 2.45) is 0 Å². The van der Waals surface area contributed by atoms with Gasteiger partial charge in [0.1, 0.15) is 0 Å². The molecule has 0 fully saturated rings. The minimum Gasteiger partial charge on any atom is -0.478 e. The van der Waals surface area contributed by atoms with E-state index in [1.54, 1.807) is 18.2 Å². The summed E-state index contributed by atoms with van der Waals surface area (Å²) < 4.78 is 4.53. The van der Waals surface area contributed by atoms with Gasteiger partial charge in [-0.3, -0.25) is 0 Å². The van der Waals surface area contributed by atoms with E-state index in [2.05, 4.69) is 4.52 Å². The smallest absolute Gasteiger partial charge is 0.336 e. The van der Waals surface area contributed by atoms with Gasteiger partial charge >= 0.3 is 14.6 Å². The third kappa shape index (κ3) is 3.05. The topological polar surface area (TPSA) is 87.0 Å². The lowest BCUT2D eigenvalue weighted by Crippen LogP contribution is -2.02. The molecule has 0 saturated carbocycles. The fraction of sp³-hybridized carbons (Fsp3) is 0.125. The van der Waals surface area contributed by atoms with Crippen molar-refractivity contribution in [1.29, 1.82) is 0 Å². The van der Waals surface area contributed by atoms with Gasteiger partial charge in [0.25, 0.3) is 0 Å². The molecule has 0 heterocycles. The molecule has 0 amide bonds. The van der Waals surface area contributed by atoms with Crippen molar-refractivity contribution in [2.45, 2.75) is 6.61 Å². The van der Waals surface area contributed by atoms with Crippen molar-refractivity contribution in [1.82, 2.24) is 0 Å². The number of hydrogen-bond donors (Lipinski definition) is 3. The zero-order chi connectivity index (χ0) is 10.6. The first kappa shape index (κ1) is 11.1. The summed E-state index contributed by atoms with van der Waals surface area (Å²) in [5.74, 6) is -1.07. The first-order chi connectivity index (χ1) is 6.61. The Hall–Kier alpha value is -1.00. The highest BCUT2D eigenvalue weighted by atomic mass is 31.2. The van der Waals surface area contributed by atoms with E-state index in [0.29, 0.717) is 5.56 Å². The standard InChI is InChI=1S/C8H9O5P/c9-8(10)7-4-2-1-3-6(7)5-13-14(11)12/h1-4,11-12H,5H2,(H,9,10). The van der Waals surface area contributed by atoms with E-state index >= 15 is 0 Å². The van der Waals surface area contributed by atoms with Gasteiger partial charge < -0.3 is 19.4 Å². The molecule has 0 aliphatic heterocycles. The van der Waals surface area contributed by atoms with Gasteiger partial charge in [0.05, 0.1) is 12.2 Å². The average molecular weight is 216 g/mol. The quantitative estimate of drug-likeness (QED) is 0.656. The number of rotatable bonds is 4. The van der Waals surface area contributed by atoms with Crippen LogP contribution in [-0.4, -0.2) is 20.9 Å². The summed E-state index contributed by atoms with van der Waals surface area (Å²) in [6.07, 6.45) is 0. The van der Waals surface area contributed by atoms with Crippen LogP contribution in [0.3, 0.4) is 0 Å². The summed E-state index contributed by atoms with van der Waals surface area (Å²) in [6, 6.07) is 6.23. The number of aromatic carboxylic acids is 1. The lowest BCUT2D eigenvalue weighted by atomic mass is 10.1. The van der Waals surface area contributed by atoms with E-state index in [4.69, 9.17) is 14.9 Å². The van der Waals surface area contributed by atoms with E-state index in [-0.39, 0.29) is 12.2 Å². The van der Waals surface area contributed by atoms with Gasteiger partial charge in [-0.1, -0.05) is 18.2 Å². The van der Waals surface area contributed by atoms with Crippen LogP contribution < -0.4 is 0 Å². The van der Waals surface area contributed by atoms with Crippen molar-refractivity contribution in [2.75, 3.05) is 0 Å². The van der Waals surface area contributed by atoms with Gasteiger partial charge in [0, 0.05) is 0 Å². The average Bonchev–Trinajstić information content (AvgIpc) is 2.15. The van der Waals surface area contributed by atoms with Crippen LogP contribution in [0.4, 0.5) is 0 Å². The van der Waals surface area contributed by atoms with Gasteiger partial charge in [-0.25, -0.2) is 4.79 Å². The molecule has 0 aliphatic carbocycles. The Kier molecular flexibility index (Phi) is 3.98. The van der Waals surface area contributed by atoms with Crippen LogP contribution in [0, 0.1) is 0 Å². The Morgan fingerprint density at radius 1 is 1.36 bits per heavy atom. The molecule has 0 radical (unpaired) electrons. The largest absolute Gasteiger partial charge is 0.478 e. The van der Waals surface area contributed by atoms with Gasteiger partial charge in [-0.05, 0) is 11.6 Å². The van der Waals surface area contributed by atoms with Gasteiger partial charge in [0.2, 0.25) is 0 Å². The highest BCUT2D eigenvalue weighted by Crippen LogP contribution is 2.26. The fourth-order valence-electron chi connectivity index (χ4n) is 0.982. The molecule has 1 rings (SSSR count). The molecule has 0 bridgehead atoms. The van der Waals surface area contributed by atoms with E-state index in [0.717, 1.165) is 0 Å². The summed E-state index contributed by atoms with van der Waals surface area (Å²) >= 11 is 0. The Balaban J connectivity index is 2.79. The molecule has 5 nitrogen and oxygen atoms in total. The Morgan fingerprint density at radius 3 is 2.57 bits per heavy atom. The molecule has 0 aliphatic rings. The van der Waals surface area contributed by atoms with Crippen LogP contribution in [0.15, 0.2) is 24.3 Å². The van der Waals surface area contributed by atoms with Crippen molar-refractivity contribution < 1.29 is 24.2 Å². The molecule has 6 heteroatoms. The normalized spacial score (nSPS) is 10.5. The molecule has 0 aromatic heterocycles. The lowest BCUT2D eigenvalue weighted by Gasteiger charge is -2.06. The number of hydrogen-bond acceptors (Lipinski definition) is 4. The minimum atomic E-state index is -2.45. The van der Waals surface area contributed by atoms with Gasteiger partial charge in [0.15, 0.2) is 0 Å². The van der Waals surface area contributed by atoms with E-state index in [1.807, 2.05) is 0 Å². The predicted molar refractivity (Wildman–Crippen MR) is 49.5 cm³/mol. The first-order valence-electron chi connectivity index (χ1n) is 3.73. The van der Waals surface area contributed by atoms with Crippen LogP contribution in [-0.2, 0) is 11.1 Å². The van der Waals surface area contributed by atoms with Gasteiger partial charge in [-0.2, -0.15) is 0 Å². The maximum atomic E-state index is 10.7. The second-order valence-electron chi connectivity index (χ2n) is 2.49. The first-order valence-corrected chi connectivity index (χ1v) is 4.90. The lowest BCUT2D eigenvalue weighted by molar-refractivity contribution is 0.0693. The molecule has 1 aromatic carbocycles. The molecule has 0 unspecified atom stereocenters. The Morgan fingerprint density at radius 2 is 2.00 bits per heavy atom. The minimum absolute atomic E-state index is 0.101. The second kappa shape index (κ2) is 5.02. The Labute approximate surface area is 81.6 Å². The van der Waals surface area contributed by atoms with Crippen LogP contribution in [0.5, 0.6) is 0 Å². The second-order valence-corrected chi connectivity index (χ2v) is 3.25. The third-order valence-electron chi connectivity index (χ3n) is 1.58. The molecule has 76 valence electrons. The molecule has 0 atom stereocenters. The molecule has 14 heavy (non-hydrogen) atoms. The van der Waals surface area contributed by atoms with Crippen molar-refractivity contribution >= 4 is 14.6 Å². The fourth-order valence-corrected chi connectivity index (χ4v) is 1.24. The Bertz CT molecular complexity index is 325. The molecule has 1 aromatic rings. The summed E-state index contributed by atoms with van der Waals surface area (Å²) in [5.41, 5.74) is 0.514. The summed E-state index contributed by atoms with van der Waals surface area (Å²) in [7, 11) is -2.45. The zero-order valence-corrected chi connectivity index (χ0v) is 8.02. The molecular formula is C8H9O5P. The van der Waals surface area contributed by atoms with Gasteiger partial charge in [-0.15, -0.1) is 0 Å². The van der Waals surface area contributed by atoms with Crippen LogP contribution in [0.1, 0.15) is 15.9 Å². The van der Waals surface area contributed by atoms with Crippen molar-refractivity contribution in [3.05, 3.63) is 35.4 Å². The van der Waals surface area contributed by atoms with E-state index in [9.17, 15) is 4.79 Å². The number of carboxylic acids is 1. The molecule has 3 N–H and O–H groups in total. The molecule has 0 spiro atoms. The molecular weight excluding hydrogens is 207 g/mol. The summed E-state index contributed by atoms with van der Waals surface area (Å²) in [6.45, 7) is -0.124. The maximum absolute atomic E-state index is 10.7. The highest BCUT2D eigenvalue weighted by Gasteiger charge is 2.10. The van der Waals surface area contributed by atoms with Crippen molar-refractivity contribution in [3.8, 4) is 0 Å². The van der Waals surface area contributed by atoms with Crippen LogP contribution >= 0.6 is 8.60 Å². The monoisotopic (exact) mass is 216 g/mol.